The van der Waals surface area contributed by atoms with Crippen molar-refractivity contribution in [2.24, 2.45) is 5.10 Å². The summed E-state index contributed by atoms with van der Waals surface area (Å²) >= 11 is 0. The molecule has 106 valence electrons. The van der Waals surface area contributed by atoms with Gasteiger partial charge in [0.2, 0.25) is 5.91 Å². The fraction of sp³-hybridized carbons (Fsp3) is 0.188. The van der Waals surface area contributed by atoms with Gasteiger partial charge < -0.3 is 5.11 Å². The third kappa shape index (κ3) is 2.50. The molecule has 1 aliphatic heterocycles. The number of nitrogens with zero attached hydrogens (tertiary/aromatic N) is 3. The van der Waals surface area contributed by atoms with Crippen LogP contribution >= 0.6 is 0 Å². The first kappa shape index (κ1) is 13.3. The minimum atomic E-state index is -0.271. The van der Waals surface area contributed by atoms with Crippen molar-refractivity contribution < 1.29 is 9.90 Å². The monoisotopic (exact) mass is 281 g/mol. The molecule has 0 fully saturated rings. The third-order valence-corrected chi connectivity index (χ3v) is 3.54. The Morgan fingerprint density at radius 1 is 1.24 bits per heavy atom. The summed E-state index contributed by atoms with van der Waals surface area (Å²) in [6, 6.07) is 10.5. The zero-order valence-corrected chi connectivity index (χ0v) is 11.6. The first-order chi connectivity index (χ1) is 10.2. The molecular formula is C16H15N3O2. The fourth-order valence-electron chi connectivity index (χ4n) is 2.53. The van der Waals surface area contributed by atoms with Crippen LogP contribution in [0.2, 0.25) is 0 Å². The maximum absolute atomic E-state index is 11.8. The van der Waals surface area contributed by atoms with Crippen LogP contribution in [-0.4, -0.2) is 26.7 Å². The molecule has 1 atom stereocenters. The molecule has 0 aliphatic carbocycles. The van der Waals surface area contributed by atoms with Crippen LogP contribution in [-0.2, 0) is 4.79 Å². The van der Waals surface area contributed by atoms with E-state index in [1.807, 2.05) is 24.3 Å². The zero-order valence-electron chi connectivity index (χ0n) is 11.6. The van der Waals surface area contributed by atoms with Crippen LogP contribution < -0.4 is 0 Å². The van der Waals surface area contributed by atoms with Crippen molar-refractivity contribution in [1.29, 1.82) is 0 Å². The van der Waals surface area contributed by atoms with Gasteiger partial charge in [0, 0.05) is 36.9 Å². The van der Waals surface area contributed by atoms with E-state index in [2.05, 4.69) is 10.1 Å². The average Bonchev–Trinajstić information content (AvgIpc) is 2.94. The second-order valence-corrected chi connectivity index (χ2v) is 4.92. The SMILES string of the molecule is CC(=O)N1N=C(c2ccncc2)C[C@H]1c1ccccc1O. The summed E-state index contributed by atoms with van der Waals surface area (Å²) in [7, 11) is 0. The number of aromatic nitrogens is 1. The summed E-state index contributed by atoms with van der Waals surface area (Å²) in [5, 5.41) is 15.9. The van der Waals surface area contributed by atoms with Gasteiger partial charge >= 0.3 is 0 Å². The Kier molecular flexibility index (Phi) is 3.39. The van der Waals surface area contributed by atoms with E-state index in [0.717, 1.165) is 11.3 Å². The van der Waals surface area contributed by atoms with E-state index in [-0.39, 0.29) is 17.7 Å². The van der Waals surface area contributed by atoms with Gasteiger partial charge in [0.1, 0.15) is 5.75 Å². The topological polar surface area (TPSA) is 65.8 Å². The summed E-state index contributed by atoms with van der Waals surface area (Å²) in [6.45, 7) is 1.48. The molecule has 1 aromatic heterocycles. The van der Waals surface area contributed by atoms with Gasteiger partial charge in [0.25, 0.3) is 0 Å². The standard InChI is InChI=1S/C16H15N3O2/c1-11(20)19-15(13-4-2-3-5-16(13)21)10-14(18-19)12-6-8-17-9-7-12/h2-9,15,21H,10H2,1H3/t15-/m0/s1. The quantitative estimate of drug-likeness (QED) is 0.919. The number of hydrazone groups is 1. The highest BCUT2D eigenvalue weighted by Gasteiger charge is 2.32. The molecular weight excluding hydrogens is 266 g/mol. The van der Waals surface area contributed by atoms with Crippen molar-refractivity contribution in [3.63, 3.8) is 0 Å². The van der Waals surface area contributed by atoms with Crippen LogP contribution in [0.15, 0.2) is 53.9 Å². The Balaban J connectivity index is 1.98. The number of pyridine rings is 1. The number of phenols is 1. The summed E-state index contributed by atoms with van der Waals surface area (Å²) in [6.07, 6.45) is 3.97. The van der Waals surface area contributed by atoms with Gasteiger partial charge in [-0.2, -0.15) is 5.10 Å². The number of phenolic OH excluding ortho intramolecular Hbond substituents is 1. The highest BCUT2D eigenvalue weighted by atomic mass is 16.3. The Morgan fingerprint density at radius 3 is 2.62 bits per heavy atom. The maximum atomic E-state index is 11.8. The Bertz CT molecular complexity index is 698. The Labute approximate surface area is 122 Å². The van der Waals surface area contributed by atoms with Crippen molar-refractivity contribution in [2.45, 2.75) is 19.4 Å². The smallest absolute Gasteiger partial charge is 0.240 e. The molecule has 0 unspecified atom stereocenters. The van der Waals surface area contributed by atoms with Gasteiger partial charge in [-0.25, -0.2) is 5.01 Å². The predicted molar refractivity (Wildman–Crippen MR) is 78.8 cm³/mol. The van der Waals surface area contributed by atoms with Gasteiger partial charge in [-0.15, -0.1) is 0 Å². The Hall–Kier alpha value is -2.69. The number of hydrogen-bond acceptors (Lipinski definition) is 4. The molecule has 1 aromatic carbocycles. The molecule has 2 aromatic rings. The van der Waals surface area contributed by atoms with E-state index in [0.29, 0.717) is 12.0 Å². The number of benzene rings is 1. The number of rotatable bonds is 2. The third-order valence-electron chi connectivity index (χ3n) is 3.54. The van der Waals surface area contributed by atoms with Crippen molar-refractivity contribution >= 4 is 11.6 Å². The van der Waals surface area contributed by atoms with E-state index in [1.165, 1.54) is 11.9 Å². The van der Waals surface area contributed by atoms with Gasteiger partial charge in [-0.3, -0.25) is 9.78 Å². The van der Waals surface area contributed by atoms with Crippen molar-refractivity contribution in [1.82, 2.24) is 9.99 Å². The lowest BCUT2D eigenvalue weighted by atomic mass is 9.98. The van der Waals surface area contributed by atoms with Crippen molar-refractivity contribution in [3.8, 4) is 5.75 Å². The lowest BCUT2D eigenvalue weighted by Gasteiger charge is -2.21. The highest BCUT2D eigenvalue weighted by Crippen LogP contribution is 2.36. The molecule has 0 spiro atoms. The van der Waals surface area contributed by atoms with Crippen LogP contribution in [0.1, 0.15) is 30.5 Å². The van der Waals surface area contributed by atoms with Crippen LogP contribution in [0.5, 0.6) is 5.75 Å². The van der Waals surface area contributed by atoms with E-state index in [1.54, 1.807) is 24.5 Å². The number of carbonyl (C=O) groups is 1. The molecule has 2 heterocycles. The van der Waals surface area contributed by atoms with E-state index >= 15 is 0 Å². The van der Waals surface area contributed by atoms with E-state index in [4.69, 9.17) is 0 Å². The molecule has 0 saturated heterocycles. The maximum Gasteiger partial charge on any atom is 0.240 e. The molecule has 1 N–H and O–H groups in total. The molecule has 5 heteroatoms. The summed E-state index contributed by atoms with van der Waals surface area (Å²) in [5.74, 6) is 0.0345. The van der Waals surface area contributed by atoms with Gasteiger partial charge in [0.05, 0.1) is 11.8 Å². The average molecular weight is 281 g/mol. The molecule has 21 heavy (non-hydrogen) atoms. The molecule has 3 rings (SSSR count). The van der Waals surface area contributed by atoms with Crippen LogP contribution in [0.25, 0.3) is 0 Å². The minimum Gasteiger partial charge on any atom is -0.508 e. The fourth-order valence-corrected chi connectivity index (χ4v) is 2.53. The van der Waals surface area contributed by atoms with E-state index < -0.39 is 0 Å². The van der Waals surface area contributed by atoms with Gasteiger partial charge in [-0.1, -0.05) is 18.2 Å². The zero-order chi connectivity index (χ0) is 14.8. The van der Waals surface area contributed by atoms with Crippen LogP contribution in [0.4, 0.5) is 0 Å². The van der Waals surface area contributed by atoms with Crippen molar-refractivity contribution in [2.75, 3.05) is 0 Å². The second-order valence-electron chi connectivity index (χ2n) is 4.92. The lowest BCUT2D eigenvalue weighted by molar-refractivity contribution is -0.130. The number of para-hydroxylation sites is 1. The normalized spacial score (nSPS) is 17.7. The van der Waals surface area contributed by atoms with Gasteiger partial charge in [0.15, 0.2) is 0 Å². The molecule has 0 radical (unpaired) electrons. The largest absolute Gasteiger partial charge is 0.508 e. The molecule has 1 amide bonds. The highest BCUT2D eigenvalue weighted by molar-refractivity contribution is 6.03. The molecule has 0 saturated carbocycles. The first-order valence-electron chi connectivity index (χ1n) is 6.72. The molecule has 5 nitrogen and oxygen atoms in total. The first-order valence-corrected chi connectivity index (χ1v) is 6.72. The predicted octanol–water partition coefficient (Wildman–Crippen LogP) is 2.48. The summed E-state index contributed by atoms with van der Waals surface area (Å²) in [4.78, 5) is 15.8. The van der Waals surface area contributed by atoms with Crippen LogP contribution in [0.3, 0.4) is 0 Å². The second kappa shape index (κ2) is 5.36. The molecule has 1 aliphatic rings. The number of carbonyl (C=O) groups excluding carboxylic acids is 1. The van der Waals surface area contributed by atoms with Gasteiger partial charge in [-0.05, 0) is 18.2 Å². The number of amides is 1. The number of hydrogen-bond donors (Lipinski definition) is 1. The minimum absolute atomic E-state index is 0.146. The van der Waals surface area contributed by atoms with Crippen LogP contribution in [0, 0.1) is 0 Å². The Morgan fingerprint density at radius 2 is 1.95 bits per heavy atom. The van der Waals surface area contributed by atoms with Crippen molar-refractivity contribution in [3.05, 3.63) is 59.9 Å². The number of aromatic hydroxyl groups is 1. The molecule has 0 bridgehead atoms. The summed E-state index contributed by atoms with van der Waals surface area (Å²) in [5.41, 5.74) is 2.47. The van der Waals surface area contributed by atoms with E-state index in [9.17, 15) is 9.90 Å². The lowest BCUT2D eigenvalue weighted by Crippen LogP contribution is -2.24. The summed E-state index contributed by atoms with van der Waals surface area (Å²) < 4.78 is 0.